The highest BCUT2D eigenvalue weighted by molar-refractivity contribution is 7.79. The van der Waals surface area contributed by atoms with Gasteiger partial charge in [0.05, 0.1) is 22.5 Å². The van der Waals surface area contributed by atoms with E-state index in [1.807, 2.05) is 36.4 Å². The average Bonchev–Trinajstić information content (AvgIpc) is 3.15. The maximum absolute atomic E-state index is 13.8. The van der Waals surface area contributed by atoms with Crippen LogP contribution in [0.3, 0.4) is 0 Å². The summed E-state index contributed by atoms with van der Waals surface area (Å²) < 4.78 is 82.9. The smallest absolute Gasteiger partial charge is 0.299 e. The minimum absolute atomic E-state index is 0.254. The number of hydrogen-bond acceptors (Lipinski definition) is 1. The molecular weight excluding hydrogens is 461 g/mol. The van der Waals surface area contributed by atoms with E-state index in [0.717, 1.165) is 15.2 Å². The predicted molar refractivity (Wildman–Crippen MR) is 117 cm³/mol. The lowest BCUT2D eigenvalue weighted by atomic mass is 10.1. The highest BCUT2D eigenvalue weighted by atomic mass is 31.1. The number of aryl methyl sites for hydroxylation is 1. The van der Waals surface area contributed by atoms with Crippen LogP contribution in [0.2, 0.25) is 0 Å². The summed E-state index contributed by atoms with van der Waals surface area (Å²) in [5.41, 5.74) is -2.27. The first kappa shape index (κ1) is 23.1. The largest absolute Gasteiger partial charge is 0.418 e. The summed E-state index contributed by atoms with van der Waals surface area (Å²) in [6, 6.07) is 19.7. The van der Waals surface area contributed by atoms with E-state index in [2.05, 4.69) is 4.98 Å². The summed E-state index contributed by atoms with van der Waals surface area (Å²) in [6.45, 7) is 1.60. The van der Waals surface area contributed by atoms with Crippen LogP contribution in [0.25, 0.3) is 5.69 Å². The Morgan fingerprint density at radius 1 is 0.727 bits per heavy atom. The molecule has 0 spiro atoms. The van der Waals surface area contributed by atoms with Gasteiger partial charge in [-0.3, -0.25) is 4.57 Å². The summed E-state index contributed by atoms with van der Waals surface area (Å²) >= 11 is 0. The molecule has 0 aliphatic carbocycles. The molecule has 0 bridgehead atoms. The zero-order valence-electron chi connectivity index (χ0n) is 17.2. The van der Waals surface area contributed by atoms with Crippen LogP contribution in [0.1, 0.15) is 16.8 Å². The van der Waals surface area contributed by atoms with Crippen LogP contribution in [0.5, 0.6) is 0 Å². The summed E-state index contributed by atoms with van der Waals surface area (Å²) in [6.07, 6.45) is -8.29. The number of imidazole rings is 1. The molecule has 4 rings (SSSR count). The van der Waals surface area contributed by atoms with Crippen molar-refractivity contribution in [1.29, 1.82) is 0 Å². The minimum atomic E-state index is -4.85. The molecule has 0 aliphatic rings. The normalized spacial score (nSPS) is 12.4. The van der Waals surface area contributed by atoms with E-state index in [0.29, 0.717) is 23.9 Å². The van der Waals surface area contributed by atoms with E-state index < -0.39 is 37.1 Å². The zero-order chi connectivity index (χ0) is 23.8. The molecule has 4 aromatic rings. The average molecular weight is 478 g/mol. The molecule has 1 heterocycles. The van der Waals surface area contributed by atoms with Crippen molar-refractivity contribution >= 4 is 24.1 Å². The van der Waals surface area contributed by atoms with Gasteiger partial charge in [-0.05, 0) is 35.7 Å². The highest BCUT2D eigenvalue weighted by Crippen LogP contribution is 2.40. The number of benzene rings is 3. The molecule has 1 aromatic heterocycles. The summed E-state index contributed by atoms with van der Waals surface area (Å²) in [5, 5.41) is 1.62. The van der Waals surface area contributed by atoms with Gasteiger partial charge in [-0.2, -0.15) is 26.3 Å². The van der Waals surface area contributed by atoms with Crippen LogP contribution < -0.4 is 16.2 Å². The van der Waals surface area contributed by atoms with E-state index in [-0.39, 0.29) is 5.57 Å². The molecule has 0 N–H and O–H groups in total. The molecule has 0 fully saturated rings. The third-order valence-corrected chi connectivity index (χ3v) is 7.27. The van der Waals surface area contributed by atoms with Gasteiger partial charge in [0.25, 0.3) is 0 Å². The second kappa shape index (κ2) is 8.67. The number of hydrogen-bond donors (Lipinski definition) is 0. The molecule has 0 amide bonds. The van der Waals surface area contributed by atoms with Crippen LogP contribution in [0.4, 0.5) is 26.3 Å². The minimum Gasteiger partial charge on any atom is -0.299 e. The lowest BCUT2D eigenvalue weighted by Crippen LogP contribution is -2.28. The fourth-order valence-electron chi connectivity index (χ4n) is 3.50. The number of rotatable bonds is 4. The lowest BCUT2D eigenvalue weighted by molar-refractivity contribution is -0.141. The van der Waals surface area contributed by atoms with Crippen LogP contribution in [0.15, 0.2) is 85.1 Å². The third-order valence-electron chi connectivity index (χ3n) is 4.93. The van der Waals surface area contributed by atoms with Crippen molar-refractivity contribution < 1.29 is 26.3 Å². The lowest BCUT2D eigenvalue weighted by Gasteiger charge is -2.22. The maximum atomic E-state index is 13.8. The van der Waals surface area contributed by atoms with E-state index in [1.165, 1.54) is 6.20 Å². The van der Waals surface area contributed by atoms with Gasteiger partial charge in [0.2, 0.25) is 0 Å². The molecule has 170 valence electrons. The second-order valence-corrected chi connectivity index (χ2v) is 9.39. The predicted octanol–water partition coefficient (Wildman–Crippen LogP) is 5.98. The Kier molecular flexibility index (Phi) is 6.06. The molecule has 2 nitrogen and oxygen atoms in total. The fraction of sp³-hybridized carbons (Fsp3) is 0.125. The van der Waals surface area contributed by atoms with Gasteiger partial charge in [0, 0.05) is 14.1 Å². The van der Waals surface area contributed by atoms with Gasteiger partial charge in [-0.15, -0.1) is 0 Å². The Balaban J connectivity index is 2.01. The molecule has 0 atom stereocenters. The van der Waals surface area contributed by atoms with Gasteiger partial charge in [-0.1, -0.05) is 60.7 Å². The topological polar surface area (TPSA) is 17.8 Å². The van der Waals surface area contributed by atoms with Crippen molar-refractivity contribution in [3.8, 4) is 5.69 Å². The van der Waals surface area contributed by atoms with Crippen LogP contribution in [-0.4, -0.2) is 9.55 Å². The molecular formula is C24H17F6N2P. The first-order valence-corrected chi connectivity index (χ1v) is 11.1. The van der Waals surface area contributed by atoms with Crippen molar-refractivity contribution in [3.63, 3.8) is 0 Å². The number of halogens is 6. The number of aromatic nitrogens is 2. The highest BCUT2D eigenvalue weighted by Gasteiger charge is 2.38. The van der Waals surface area contributed by atoms with Crippen LogP contribution in [-0.2, 0) is 12.4 Å². The first-order valence-electron chi connectivity index (χ1n) is 9.81. The fourth-order valence-corrected chi connectivity index (χ4v) is 5.84. The molecule has 0 radical (unpaired) electrons. The Labute approximate surface area is 187 Å². The molecule has 0 saturated carbocycles. The quantitative estimate of drug-likeness (QED) is 0.261. The Bertz CT molecular complexity index is 1210. The molecule has 0 unspecified atom stereocenters. The molecule has 0 aliphatic heterocycles. The monoisotopic (exact) mass is 478 g/mol. The SMILES string of the molecule is Cc1cn(-c2cc(C(F)(F)F)ccc2C(F)(F)F)c(P(c2ccccc2)c2ccccc2)n1. The Morgan fingerprint density at radius 2 is 1.27 bits per heavy atom. The second-order valence-electron chi connectivity index (χ2n) is 7.29. The van der Waals surface area contributed by atoms with Crippen molar-refractivity contribution in [2.24, 2.45) is 0 Å². The van der Waals surface area contributed by atoms with Crippen LogP contribution in [0, 0.1) is 6.92 Å². The zero-order valence-corrected chi connectivity index (χ0v) is 18.1. The number of alkyl halides is 6. The van der Waals surface area contributed by atoms with Crippen LogP contribution >= 0.6 is 7.92 Å². The first-order chi connectivity index (χ1) is 15.6. The van der Waals surface area contributed by atoms with Gasteiger partial charge < -0.3 is 0 Å². The van der Waals surface area contributed by atoms with Crippen molar-refractivity contribution in [2.45, 2.75) is 19.3 Å². The Morgan fingerprint density at radius 3 is 1.76 bits per heavy atom. The molecule has 33 heavy (non-hydrogen) atoms. The molecule has 9 heteroatoms. The van der Waals surface area contributed by atoms with Gasteiger partial charge in [0.15, 0.2) is 0 Å². The van der Waals surface area contributed by atoms with Gasteiger partial charge in [-0.25, -0.2) is 4.98 Å². The Hall–Kier alpha value is -3.12. The standard InChI is InChI=1S/C24H17F6N2P/c1-16-15-32(21-14-17(23(25,26)27)12-13-20(21)24(28,29)30)22(31-16)33(18-8-4-2-5-9-18)19-10-6-3-7-11-19/h2-15H,1H3. The van der Waals surface area contributed by atoms with E-state index in [9.17, 15) is 26.3 Å². The maximum Gasteiger partial charge on any atom is 0.418 e. The molecule has 0 saturated heterocycles. The van der Waals surface area contributed by atoms with Crippen molar-refractivity contribution in [3.05, 3.63) is 102 Å². The number of nitrogens with zero attached hydrogens (tertiary/aromatic N) is 2. The van der Waals surface area contributed by atoms with Gasteiger partial charge >= 0.3 is 12.4 Å². The van der Waals surface area contributed by atoms with Crippen molar-refractivity contribution in [1.82, 2.24) is 9.55 Å². The molecule has 3 aromatic carbocycles. The van der Waals surface area contributed by atoms with Crippen molar-refractivity contribution in [2.75, 3.05) is 0 Å². The van der Waals surface area contributed by atoms with Gasteiger partial charge in [0.1, 0.15) is 5.57 Å². The van der Waals surface area contributed by atoms with E-state index >= 15 is 0 Å². The third kappa shape index (κ3) is 4.81. The summed E-state index contributed by atoms with van der Waals surface area (Å²) in [4.78, 5) is 4.50. The summed E-state index contributed by atoms with van der Waals surface area (Å²) in [7, 11) is -1.45. The van der Waals surface area contributed by atoms with E-state index in [4.69, 9.17) is 0 Å². The van der Waals surface area contributed by atoms with E-state index in [1.54, 1.807) is 31.2 Å². The summed E-state index contributed by atoms with van der Waals surface area (Å²) in [5.74, 6) is 0.